The van der Waals surface area contributed by atoms with Gasteiger partial charge in [0.05, 0.1) is 12.0 Å². The lowest BCUT2D eigenvalue weighted by molar-refractivity contribution is -0.135. The predicted octanol–water partition coefficient (Wildman–Crippen LogP) is 1.51. The second kappa shape index (κ2) is 8.11. The molecule has 1 aliphatic heterocycles. The van der Waals surface area contributed by atoms with Crippen LogP contribution in [-0.4, -0.2) is 41.5 Å². The highest BCUT2D eigenvalue weighted by Gasteiger charge is 2.33. The standard InChI is InChI=1S/C16H15N3O4S/c1-3-9-19-15(22)12(10-13(20)23-2)24-16(19)18-17-14(21)11-7-5-4-6-8-11/h3-8,10H,1,9H2,2H3,(H,17,21)/b12-10+,18-16-. The number of esters is 1. The van der Waals surface area contributed by atoms with Gasteiger partial charge in [0, 0.05) is 18.2 Å². The molecule has 0 aromatic heterocycles. The number of nitrogens with one attached hydrogen (secondary N) is 1. The van der Waals surface area contributed by atoms with E-state index in [2.05, 4.69) is 21.8 Å². The van der Waals surface area contributed by atoms with Crippen molar-refractivity contribution < 1.29 is 19.1 Å². The van der Waals surface area contributed by atoms with Gasteiger partial charge in [0.15, 0.2) is 5.17 Å². The maximum absolute atomic E-state index is 12.3. The average Bonchev–Trinajstić information content (AvgIpc) is 2.89. The summed E-state index contributed by atoms with van der Waals surface area (Å²) in [5.74, 6) is -1.45. The fourth-order valence-corrected chi connectivity index (χ4v) is 2.71. The van der Waals surface area contributed by atoms with Gasteiger partial charge in [0.25, 0.3) is 11.8 Å². The molecule has 0 aliphatic carbocycles. The molecule has 124 valence electrons. The lowest BCUT2D eigenvalue weighted by Crippen LogP contribution is -2.31. The highest BCUT2D eigenvalue weighted by molar-refractivity contribution is 8.18. The largest absolute Gasteiger partial charge is 0.466 e. The smallest absolute Gasteiger partial charge is 0.331 e. The third kappa shape index (κ3) is 4.11. The third-order valence-corrected chi connectivity index (χ3v) is 3.95. The molecular formula is C16H15N3O4S. The molecule has 0 bridgehead atoms. The van der Waals surface area contributed by atoms with Crippen molar-refractivity contribution in [3.05, 3.63) is 59.5 Å². The number of amides is 2. The van der Waals surface area contributed by atoms with Crippen LogP contribution in [0, 0.1) is 0 Å². The Bertz CT molecular complexity index is 728. The summed E-state index contributed by atoms with van der Waals surface area (Å²) in [6, 6.07) is 8.55. The van der Waals surface area contributed by atoms with Crippen molar-refractivity contribution in [2.24, 2.45) is 5.10 Å². The summed E-state index contributed by atoms with van der Waals surface area (Å²) in [6.07, 6.45) is 2.61. The van der Waals surface area contributed by atoms with Gasteiger partial charge in [0.2, 0.25) is 0 Å². The molecule has 1 fully saturated rings. The average molecular weight is 345 g/mol. The molecule has 0 saturated carbocycles. The van der Waals surface area contributed by atoms with Crippen LogP contribution in [0.4, 0.5) is 0 Å². The van der Waals surface area contributed by atoms with Gasteiger partial charge in [-0.05, 0) is 23.9 Å². The molecular weight excluding hydrogens is 330 g/mol. The second-order valence-corrected chi connectivity index (χ2v) is 5.55. The van der Waals surface area contributed by atoms with Gasteiger partial charge in [-0.2, -0.15) is 0 Å². The topological polar surface area (TPSA) is 88.1 Å². The first kappa shape index (κ1) is 17.5. The summed E-state index contributed by atoms with van der Waals surface area (Å²) in [7, 11) is 1.22. The van der Waals surface area contributed by atoms with Gasteiger partial charge in [0.1, 0.15) is 0 Å². The van der Waals surface area contributed by atoms with Crippen LogP contribution in [0.1, 0.15) is 10.4 Å². The highest BCUT2D eigenvalue weighted by Crippen LogP contribution is 2.30. The Morgan fingerprint density at radius 2 is 2.08 bits per heavy atom. The quantitative estimate of drug-likeness (QED) is 0.378. The maximum Gasteiger partial charge on any atom is 0.331 e. The van der Waals surface area contributed by atoms with Crippen molar-refractivity contribution in [1.82, 2.24) is 10.3 Å². The molecule has 1 aliphatic rings. The number of hydrazone groups is 1. The van der Waals surface area contributed by atoms with Crippen LogP contribution in [0.15, 0.2) is 59.1 Å². The molecule has 1 N–H and O–H groups in total. The Hall–Kier alpha value is -2.87. The summed E-state index contributed by atoms with van der Waals surface area (Å²) in [5, 5.41) is 4.23. The maximum atomic E-state index is 12.3. The normalized spacial score (nSPS) is 17.2. The van der Waals surface area contributed by atoms with Crippen LogP contribution in [0.3, 0.4) is 0 Å². The van der Waals surface area contributed by atoms with Gasteiger partial charge in [-0.25, -0.2) is 10.2 Å². The van der Waals surface area contributed by atoms with Crippen molar-refractivity contribution in [2.75, 3.05) is 13.7 Å². The molecule has 0 atom stereocenters. The third-order valence-electron chi connectivity index (χ3n) is 2.94. The zero-order valence-corrected chi connectivity index (χ0v) is 13.7. The molecule has 1 aromatic carbocycles. The number of carbonyl (C=O) groups is 3. The zero-order chi connectivity index (χ0) is 17.5. The molecule has 2 rings (SSSR count). The number of hydrogen-bond acceptors (Lipinski definition) is 6. The minimum Gasteiger partial charge on any atom is -0.466 e. The van der Waals surface area contributed by atoms with Crippen LogP contribution in [0.2, 0.25) is 0 Å². The van der Waals surface area contributed by atoms with Crippen molar-refractivity contribution in [3.8, 4) is 0 Å². The van der Waals surface area contributed by atoms with Crippen molar-refractivity contribution in [1.29, 1.82) is 0 Å². The summed E-state index contributed by atoms with van der Waals surface area (Å²) in [6.45, 7) is 3.78. The predicted molar refractivity (Wildman–Crippen MR) is 90.9 cm³/mol. The Morgan fingerprint density at radius 1 is 1.38 bits per heavy atom. The SMILES string of the molecule is C=CCN1C(=O)/C(=C\C(=O)OC)S/C1=N\NC(=O)c1ccccc1. The first-order valence-electron chi connectivity index (χ1n) is 6.90. The highest BCUT2D eigenvalue weighted by atomic mass is 32.2. The van der Waals surface area contributed by atoms with E-state index < -0.39 is 17.8 Å². The number of nitrogens with zero attached hydrogens (tertiary/aromatic N) is 2. The van der Waals surface area contributed by atoms with E-state index in [1.54, 1.807) is 30.3 Å². The minimum atomic E-state index is -0.640. The molecule has 2 amide bonds. The Kier molecular flexibility index (Phi) is 5.91. The lowest BCUT2D eigenvalue weighted by atomic mass is 10.2. The summed E-state index contributed by atoms with van der Waals surface area (Å²) < 4.78 is 4.52. The molecule has 0 unspecified atom stereocenters. The molecule has 1 saturated heterocycles. The number of benzene rings is 1. The summed E-state index contributed by atoms with van der Waals surface area (Å²) in [5.41, 5.74) is 2.84. The van der Waals surface area contributed by atoms with Crippen molar-refractivity contribution >= 4 is 34.7 Å². The molecule has 8 heteroatoms. The molecule has 1 aromatic rings. The fraction of sp³-hybridized carbons (Fsp3) is 0.125. The van der Waals surface area contributed by atoms with E-state index in [1.165, 1.54) is 18.1 Å². The van der Waals surface area contributed by atoms with Gasteiger partial charge in [-0.15, -0.1) is 11.7 Å². The van der Waals surface area contributed by atoms with Crippen LogP contribution in [-0.2, 0) is 14.3 Å². The number of rotatable bonds is 5. The van der Waals surface area contributed by atoms with Gasteiger partial charge < -0.3 is 4.74 Å². The van der Waals surface area contributed by atoms with E-state index in [-0.39, 0.29) is 16.6 Å². The van der Waals surface area contributed by atoms with E-state index >= 15 is 0 Å². The van der Waals surface area contributed by atoms with E-state index in [0.29, 0.717) is 5.56 Å². The van der Waals surface area contributed by atoms with Gasteiger partial charge >= 0.3 is 5.97 Å². The van der Waals surface area contributed by atoms with Crippen LogP contribution < -0.4 is 5.43 Å². The van der Waals surface area contributed by atoms with E-state index in [1.807, 2.05) is 0 Å². The lowest BCUT2D eigenvalue weighted by Gasteiger charge is -2.12. The molecule has 7 nitrogen and oxygen atoms in total. The fourth-order valence-electron chi connectivity index (χ4n) is 1.80. The molecule has 0 spiro atoms. The first-order chi connectivity index (χ1) is 11.6. The number of thioether (sulfide) groups is 1. The monoisotopic (exact) mass is 345 g/mol. The van der Waals surface area contributed by atoms with Crippen molar-refractivity contribution in [2.45, 2.75) is 0 Å². The number of ether oxygens (including phenoxy) is 1. The van der Waals surface area contributed by atoms with E-state index in [0.717, 1.165) is 17.8 Å². The number of methoxy groups -OCH3 is 1. The first-order valence-corrected chi connectivity index (χ1v) is 7.71. The van der Waals surface area contributed by atoms with E-state index in [4.69, 9.17) is 0 Å². The second-order valence-electron chi connectivity index (χ2n) is 4.54. The minimum absolute atomic E-state index is 0.163. The summed E-state index contributed by atoms with van der Waals surface area (Å²) in [4.78, 5) is 37.1. The van der Waals surface area contributed by atoms with Crippen LogP contribution in [0.5, 0.6) is 0 Å². The van der Waals surface area contributed by atoms with E-state index in [9.17, 15) is 14.4 Å². The molecule has 0 radical (unpaired) electrons. The summed E-state index contributed by atoms with van der Waals surface area (Å²) >= 11 is 0.972. The van der Waals surface area contributed by atoms with Crippen LogP contribution in [0.25, 0.3) is 0 Å². The number of hydrogen-bond donors (Lipinski definition) is 1. The number of carbonyl (C=O) groups excluding carboxylic acids is 3. The Labute approximate surface area is 143 Å². The number of amidine groups is 1. The van der Waals surface area contributed by atoms with Gasteiger partial charge in [-0.3, -0.25) is 14.5 Å². The van der Waals surface area contributed by atoms with Crippen molar-refractivity contribution in [3.63, 3.8) is 0 Å². The molecule has 1 heterocycles. The Morgan fingerprint density at radius 3 is 2.71 bits per heavy atom. The molecule has 24 heavy (non-hydrogen) atoms. The van der Waals surface area contributed by atoms with Crippen LogP contribution >= 0.6 is 11.8 Å². The zero-order valence-electron chi connectivity index (χ0n) is 12.9. The Balaban J connectivity index is 2.18. The van der Waals surface area contributed by atoms with Gasteiger partial charge in [-0.1, -0.05) is 24.3 Å².